The van der Waals surface area contributed by atoms with Crippen LogP contribution in [-0.4, -0.2) is 25.0 Å². The number of nitriles is 1. The lowest BCUT2D eigenvalue weighted by Crippen LogP contribution is -1.94. The van der Waals surface area contributed by atoms with Gasteiger partial charge < -0.3 is 15.1 Å². The standard InChI is InChI=1S/C19H15N5O/c1-10-3-4-17(25)11(2)18(10)14-7-22-19-12(13(14)6-20)5-15(24-19)16-8-21-9-23-16/h3-5,7-9,25H,1-2H3,(H,21,23)(H,22,24). The van der Waals surface area contributed by atoms with Gasteiger partial charge in [0.15, 0.2) is 0 Å². The Balaban J connectivity index is 2.01. The fraction of sp³-hybridized carbons (Fsp3) is 0.105. The van der Waals surface area contributed by atoms with Gasteiger partial charge in [-0.2, -0.15) is 5.26 Å². The molecule has 0 aliphatic rings. The zero-order chi connectivity index (χ0) is 17.6. The molecule has 0 atom stereocenters. The third-order valence-corrected chi connectivity index (χ3v) is 4.47. The van der Waals surface area contributed by atoms with E-state index in [0.29, 0.717) is 11.2 Å². The van der Waals surface area contributed by atoms with Crippen molar-refractivity contribution >= 4 is 11.0 Å². The second kappa shape index (κ2) is 5.49. The molecule has 0 saturated carbocycles. The molecule has 0 aliphatic carbocycles. The first-order valence-electron chi connectivity index (χ1n) is 7.80. The number of aromatic amines is 2. The van der Waals surface area contributed by atoms with E-state index >= 15 is 0 Å². The highest BCUT2D eigenvalue weighted by atomic mass is 16.3. The zero-order valence-corrected chi connectivity index (χ0v) is 13.8. The molecule has 0 unspecified atom stereocenters. The molecule has 4 rings (SSSR count). The fourth-order valence-corrected chi connectivity index (χ4v) is 3.18. The number of aryl methyl sites for hydroxylation is 1. The van der Waals surface area contributed by atoms with E-state index in [0.717, 1.165) is 39.0 Å². The summed E-state index contributed by atoms with van der Waals surface area (Å²) in [5.74, 6) is 0.205. The maximum atomic E-state index is 10.1. The van der Waals surface area contributed by atoms with Crippen LogP contribution < -0.4 is 0 Å². The van der Waals surface area contributed by atoms with Gasteiger partial charge in [0.1, 0.15) is 17.5 Å². The zero-order valence-electron chi connectivity index (χ0n) is 13.8. The van der Waals surface area contributed by atoms with Gasteiger partial charge in [-0.1, -0.05) is 6.07 Å². The van der Waals surface area contributed by atoms with Gasteiger partial charge >= 0.3 is 0 Å². The lowest BCUT2D eigenvalue weighted by molar-refractivity contribution is 0.471. The number of nitrogens with one attached hydrogen (secondary N) is 2. The summed E-state index contributed by atoms with van der Waals surface area (Å²) in [7, 11) is 0. The molecule has 6 heteroatoms. The maximum absolute atomic E-state index is 10.1. The second-order valence-electron chi connectivity index (χ2n) is 5.97. The Kier molecular flexibility index (Phi) is 3.29. The van der Waals surface area contributed by atoms with Crippen LogP contribution in [0.1, 0.15) is 16.7 Å². The summed E-state index contributed by atoms with van der Waals surface area (Å²) in [6, 6.07) is 7.71. The van der Waals surface area contributed by atoms with Crippen LogP contribution in [0, 0.1) is 25.2 Å². The number of imidazole rings is 1. The normalized spacial score (nSPS) is 10.9. The number of aromatic hydroxyl groups is 1. The smallest absolute Gasteiger partial charge is 0.139 e. The van der Waals surface area contributed by atoms with Gasteiger partial charge in [0, 0.05) is 17.1 Å². The van der Waals surface area contributed by atoms with E-state index in [9.17, 15) is 10.4 Å². The molecule has 4 aromatic rings. The Labute approximate surface area is 143 Å². The lowest BCUT2D eigenvalue weighted by Gasteiger charge is -2.13. The molecule has 122 valence electrons. The van der Waals surface area contributed by atoms with Crippen molar-refractivity contribution in [2.45, 2.75) is 13.8 Å². The Morgan fingerprint density at radius 3 is 2.72 bits per heavy atom. The SMILES string of the molecule is Cc1ccc(O)c(C)c1-c1cnc2[nH]c(-c3cnc[nH]3)cc2c1C#N. The Morgan fingerprint density at radius 1 is 1.16 bits per heavy atom. The summed E-state index contributed by atoms with van der Waals surface area (Å²) in [4.78, 5) is 14.8. The van der Waals surface area contributed by atoms with E-state index in [1.54, 1.807) is 24.8 Å². The van der Waals surface area contributed by atoms with Gasteiger partial charge in [-0.25, -0.2) is 9.97 Å². The van der Waals surface area contributed by atoms with Gasteiger partial charge in [0.2, 0.25) is 0 Å². The summed E-state index contributed by atoms with van der Waals surface area (Å²) < 4.78 is 0. The van der Waals surface area contributed by atoms with Gasteiger partial charge in [-0.15, -0.1) is 0 Å². The predicted octanol–water partition coefficient (Wildman–Crippen LogP) is 3.81. The quantitative estimate of drug-likeness (QED) is 0.520. The summed E-state index contributed by atoms with van der Waals surface area (Å²) in [6.45, 7) is 3.80. The first kappa shape index (κ1) is 15.0. The van der Waals surface area contributed by atoms with Crippen LogP contribution in [0.5, 0.6) is 5.75 Å². The number of nitrogens with zero attached hydrogens (tertiary/aromatic N) is 3. The molecule has 0 amide bonds. The van der Waals surface area contributed by atoms with E-state index in [4.69, 9.17) is 0 Å². The van der Waals surface area contributed by atoms with E-state index in [2.05, 4.69) is 26.0 Å². The van der Waals surface area contributed by atoms with Crippen molar-refractivity contribution in [3.05, 3.63) is 53.6 Å². The average molecular weight is 329 g/mol. The van der Waals surface area contributed by atoms with E-state index in [1.165, 1.54) is 0 Å². The largest absolute Gasteiger partial charge is 0.508 e. The molecule has 25 heavy (non-hydrogen) atoms. The van der Waals surface area contributed by atoms with E-state index < -0.39 is 0 Å². The predicted molar refractivity (Wildman–Crippen MR) is 95.0 cm³/mol. The lowest BCUT2D eigenvalue weighted by atomic mass is 9.92. The first-order valence-corrected chi connectivity index (χ1v) is 7.80. The van der Waals surface area contributed by atoms with Crippen molar-refractivity contribution in [2.75, 3.05) is 0 Å². The number of hydrogen-bond acceptors (Lipinski definition) is 4. The third-order valence-electron chi connectivity index (χ3n) is 4.47. The molecule has 0 bridgehead atoms. The third kappa shape index (κ3) is 2.25. The maximum Gasteiger partial charge on any atom is 0.139 e. The molecular formula is C19H15N5O. The second-order valence-corrected chi connectivity index (χ2v) is 5.97. The average Bonchev–Trinajstić information content (AvgIpc) is 3.27. The number of H-pyrrole nitrogens is 2. The topological polar surface area (TPSA) is 101 Å². The Morgan fingerprint density at radius 2 is 2.00 bits per heavy atom. The molecule has 0 aliphatic heterocycles. The molecule has 3 N–H and O–H groups in total. The minimum absolute atomic E-state index is 0.205. The highest BCUT2D eigenvalue weighted by Gasteiger charge is 2.18. The number of hydrogen-bond donors (Lipinski definition) is 3. The van der Waals surface area contributed by atoms with Crippen molar-refractivity contribution < 1.29 is 5.11 Å². The molecular weight excluding hydrogens is 314 g/mol. The van der Waals surface area contributed by atoms with Gasteiger partial charge in [0.25, 0.3) is 0 Å². The number of benzene rings is 1. The van der Waals surface area contributed by atoms with E-state index in [1.807, 2.05) is 26.0 Å². The molecule has 0 spiro atoms. The van der Waals surface area contributed by atoms with Crippen LogP contribution >= 0.6 is 0 Å². The number of rotatable bonds is 2. The van der Waals surface area contributed by atoms with Crippen molar-refractivity contribution in [2.24, 2.45) is 0 Å². The van der Waals surface area contributed by atoms with Gasteiger partial charge in [0.05, 0.1) is 29.5 Å². The number of fused-ring (bicyclic) bond motifs is 1. The van der Waals surface area contributed by atoms with Crippen LogP contribution in [0.2, 0.25) is 0 Å². The van der Waals surface area contributed by atoms with Gasteiger partial charge in [-0.05, 0) is 42.7 Å². The first-order chi connectivity index (χ1) is 12.1. The monoisotopic (exact) mass is 329 g/mol. The van der Waals surface area contributed by atoms with E-state index in [-0.39, 0.29) is 5.75 Å². The molecule has 3 aromatic heterocycles. The van der Waals surface area contributed by atoms with Crippen LogP contribution in [0.3, 0.4) is 0 Å². The Hall–Kier alpha value is -3.59. The van der Waals surface area contributed by atoms with Crippen LogP contribution in [0.4, 0.5) is 0 Å². The number of pyridine rings is 1. The molecule has 3 heterocycles. The highest BCUT2D eigenvalue weighted by Crippen LogP contribution is 2.37. The summed E-state index contributed by atoms with van der Waals surface area (Å²) in [5.41, 5.74) is 6.10. The highest BCUT2D eigenvalue weighted by molar-refractivity contribution is 5.94. The summed E-state index contributed by atoms with van der Waals surface area (Å²) in [6.07, 6.45) is 4.99. The fourth-order valence-electron chi connectivity index (χ4n) is 3.18. The van der Waals surface area contributed by atoms with Gasteiger partial charge in [-0.3, -0.25) is 0 Å². The molecule has 6 nitrogen and oxygen atoms in total. The number of aromatic nitrogens is 4. The molecule has 0 radical (unpaired) electrons. The Bertz CT molecular complexity index is 1130. The van der Waals surface area contributed by atoms with Crippen LogP contribution in [0.15, 0.2) is 36.9 Å². The molecule has 0 fully saturated rings. The van der Waals surface area contributed by atoms with Crippen molar-refractivity contribution in [3.63, 3.8) is 0 Å². The summed E-state index contributed by atoms with van der Waals surface area (Å²) >= 11 is 0. The van der Waals surface area contributed by atoms with Crippen molar-refractivity contribution in [3.8, 4) is 34.3 Å². The van der Waals surface area contributed by atoms with Crippen molar-refractivity contribution in [1.82, 2.24) is 19.9 Å². The minimum Gasteiger partial charge on any atom is -0.508 e. The van der Waals surface area contributed by atoms with Crippen molar-refractivity contribution in [1.29, 1.82) is 5.26 Å². The van der Waals surface area contributed by atoms with Crippen LogP contribution in [0.25, 0.3) is 33.5 Å². The minimum atomic E-state index is 0.205. The number of phenols is 1. The molecule has 1 aromatic carbocycles. The van der Waals surface area contributed by atoms with Crippen LogP contribution in [-0.2, 0) is 0 Å². The summed E-state index contributed by atoms with van der Waals surface area (Å²) in [5, 5.41) is 20.6. The molecule has 0 saturated heterocycles. The number of phenolic OH excluding ortho intramolecular Hbond substituents is 1.